The second-order valence-electron chi connectivity index (χ2n) is 5.14. The maximum Gasteiger partial charge on any atom is 0.274 e. The first-order valence-electron chi connectivity index (χ1n) is 6.55. The summed E-state index contributed by atoms with van der Waals surface area (Å²) in [5.41, 5.74) is 1.18. The molecule has 0 heterocycles. The summed E-state index contributed by atoms with van der Waals surface area (Å²) >= 11 is 3.51. The fraction of sp³-hybridized carbons (Fsp3) is 0.571. The third-order valence-corrected chi connectivity index (χ3v) is 4.67. The van der Waals surface area contributed by atoms with Gasteiger partial charge in [-0.3, -0.25) is 0 Å². The maximum atomic E-state index is 13.5. The Balaban J connectivity index is 2.35. The van der Waals surface area contributed by atoms with Gasteiger partial charge in [0.05, 0.1) is 0 Å². The first-order chi connectivity index (χ1) is 8.58. The van der Waals surface area contributed by atoms with Crippen LogP contribution in [-0.4, -0.2) is 9.04 Å². The Bertz CT molecular complexity index is 417. The number of benzene rings is 1. The Labute approximate surface area is 119 Å². The van der Waals surface area contributed by atoms with Crippen molar-refractivity contribution in [1.82, 2.24) is 0 Å². The molecule has 1 aromatic carbocycles. The van der Waals surface area contributed by atoms with Crippen LogP contribution >= 0.6 is 15.9 Å². The van der Waals surface area contributed by atoms with Crippen LogP contribution in [0.3, 0.4) is 0 Å². The van der Waals surface area contributed by atoms with E-state index in [-0.39, 0.29) is 5.82 Å². The smallest absolute Gasteiger partial charge is 0.274 e. The van der Waals surface area contributed by atoms with E-state index in [0.29, 0.717) is 5.92 Å². The molecule has 0 amide bonds. The summed E-state index contributed by atoms with van der Waals surface area (Å²) in [4.78, 5) is 0. The van der Waals surface area contributed by atoms with Crippen molar-refractivity contribution >= 4 is 25.0 Å². The highest BCUT2D eigenvalue weighted by Gasteiger charge is 2.23. The van der Waals surface area contributed by atoms with Crippen molar-refractivity contribution in [3.63, 3.8) is 0 Å². The highest BCUT2D eigenvalue weighted by atomic mass is 79.9. The van der Waals surface area contributed by atoms with Gasteiger partial charge in [0.15, 0.2) is 0 Å². The van der Waals surface area contributed by atoms with Gasteiger partial charge in [-0.15, -0.1) is 0 Å². The first kappa shape index (κ1) is 14.1. The van der Waals surface area contributed by atoms with Crippen molar-refractivity contribution in [1.29, 1.82) is 0 Å². The van der Waals surface area contributed by atoms with E-state index < -0.39 is 9.04 Å². The van der Waals surface area contributed by atoms with E-state index in [9.17, 15) is 4.39 Å². The van der Waals surface area contributed by atoms with Gasteiger partial charge in [0, 0.05) is 16.1 Å². The van der Waals surface area contributed by atoms with Gasteiger partial charge < -0.3 is 4.43 Å². The van der Waals surface area contributed by atoms with Crippen LogP contribution in [0.5, 0.6) is 5.75 Å². The average Bonchev–Trinajstić information content (AvgIpc) is 2.28. The normalized spacial score (nSPS) is 17.2. The van der Waals surface area contributed by atoms with Crippen LogP contribution < -0.4 is 4.43 Å². The molecule has 1 aromatic rings. The lowest BCUT2D eigenvalue weighted by Crippen LogP contribution is -2.15. The Kier molecular flexibility index (Phi) is 4.84. The fourth-order valence-corrected chi connectivity index (χ4v) is 4.00. The Morgan fingerprint density at radius 2 is 1.89 bits per heavy atom. The van der Waals surface area contributed by atoms with Gasteiger partial charge in [-0.1, -0.05) is 35.2 Å². The fourth-order valence-electron chi connectivity index (χ4n) is 2.65. The monoisotopic (exact) mass is 329 g/mol. The largest absolute Gasteiger partial charge is 0.542 e. The van der Waals surface area contributed by atoms with Crippen molar-refractivity contribution in [3.8, 4) is 5.75 Å². The molecule has 0 unspecified atom stereocenters. The van der Waals surface area contributed by atoms with Gasteiger partial charge in [-0.05, 0) is 37.9 Å². The molecule has 0 atom stereocenters. The van der Waals surface area contributed by atoms with E-state index in [2.05, 4.69) is 29.0 Å². The van der Waals surface area contributed by atoms with Crippen molar-refractivity contribution in [2.75, 3.05) is 0 Å². The van der Waals surface area contributed by atoms with Crippen molar-refractivity contribution in [2.45, 2.75) is 51.1 Å². The number of halogens is 2. The molecule has 0 aromatic heterocycles. The molecule has 1 saturated carbocycles. The van der Waals surface area contributed by atoms with Crippen LogP contribution in [0.15, 0.2) is 16.6 Å². The van der Waals surface area contributed by atoms with Crippen LogP contribution in [0.2, 0.25) is 13.1 Å². The predicted octanol–water partition coefficient (Wildman–Crippen LogP) is 5.27. The molecule has 2 rings (SSSR count). The van der Waals surface area contributed by atoms with Gasteiger partial charge in [-0.25, -0.2) is 4.39 Å². The number of hydrogen-bond acceptors (Lipinski definition) is 1. The summed E-state index contributed by atoms with van der Waals surface area (Å²) in [6.07, 6.45) is 6.24. The molecule has 1 aliphatic carbocycles. The minimum atomic E-state index is -0.867. The lowest BCUT2D eigenvalue weighted by Gasteiger charge is -2.26. The summed E-state index contributed by atoms with van der Waals surface area (Å²) in [7, 11) is -0.867. The zero-order chi connectivity index (χ0) is 13.1. The summed E-state index contributed by atoms with van der Waals surface area (Å²) < 4.78 is 20.3. The minimum Gasteiger partial charge on any atom is -0.542 e. The molecule has 0 bridgehead atoms. The van der Waals surface area contributed by atoms with E-state index in [1.165, 1.54) is 37.7 Å². The molecule has 1 radical (unpaired) electrons. The SMILES string of the molecule is C[Si](C)Oc1cc(F)cc(Br)c1C1CCCCC1. The van der Waals surface area contributed by atoms with Crippen LogP contribution in [0.25, 0.3) is 0 Å². The van der Waals surface area contributed by atoms with Crippen LogP contribution in [0, 0.1) is 5.82 Å². The molecule has 4 heteroatoms. The lowest BCUT2D eigenvalue weighted by molar-refractivity contribution is 0.430. The summed E-state index contributed by atoms with van der Waals surface area (Å²) in [5.74, 6) is 1.05. The quantitative estimate of drug-likeness (QED) is 0.687. The summed E-state index contributed by atoms with van der Waals surface area (Å²) in [6.45, 7) is 4.16. The molecule has 1 fully saturated rings. The van der Waals surface area contributed by atoms with E-state index >= 15 is 0 Å². The van der Waals surface area contributed by atoms with Gasteiger partial charge in [-0.2, -0.15) is 0 Å². The molecule has 0 N–H and O–H groups in total. The topological polar surface area (TPSA) is 9.23 Å². The predicted molar refractivity (Wildman–Crippen MR) is 78.0 cm³/mol. The van der Waals surface area contributed by atoms with E-state index in [0.717, 1.165) is 10.2 Å². The molecule has 0 aliphatic heterocycles. The number of hydrogen-bond donors (Lipinski definition) is 0. The van der Waals surface area contributed by atoms with Gasteiger partial charge in [0.25, 0.3) is 9.04 Å². The third kappa shape index (κ3) is 3.35. The molecule has 0 saturated heterocycles. The Morgan fingerprint density at radius 1 is 1.22 bits per heavy atom. The van der Waals surface area contributed by atoms with E-state index in [1.807, 2.05) is 0 Å². The second-order valence-corrected chi connectivity index (χ2v) is 8.02. The van der Waals surface area contributed by atoms with Crippen LogP contribution in [0.4, 0.5) is 4.39 Å². The summed E-state index contributed by atoms with van der Waals surface area (Å²) in [5, 5.41) is 0. The van der Waals surface area contributed by atoms with Gasteiger partial charge >= 0.3 is 0 Å². The number of rotatable bonds is 3. The van der Waals surface area contributed by atoms with E-state index in [4.69, 9.17) is 4.43 Å². The zero-order valence-corrected chi connectivity index (χ0v) is 13.5. The van der Waals surface area contributed by atoms with Crippen molar-refractivity contribution in [3.05, 3.63) is 28.0 Å². The molecule has 18 heavy (non-hydrogen) atoms. The maximum absolute atomic E-state index is 13.5. The Hall–Kier alpha value is -0.353. The first-order valence-corrected chi connectivity index (χ1v) is 9.75. The average molecular weight is 330 g/mol. The summed E-state index contributed by atoms with van der Waals surface area (Å²) in [6, 6.07) is 3.11. The molecule has 1 aliphatic rings. The highest BCUT2D eigenvalue weighted by molar-refractivity contribution is 9.10. The molecule has 0 spiro atoms. The van der Waals surface area contributed by atoms with Crippen LogP contribution in [-0.2, 0) is 0 Å². The standard InChI is InChI=1S/C14H19BrFOSi/c1-18(2)17-13-9-11(16)8-12(15)14(13)10-6-4-3-5-7-10/h8-10H,3-7H2,1-2H3. The molecular weight excluding hydrogens is 311 g/mol. The zero-order valence-electron chi connectivity index (χ0n) is 10.9. The van der Waals surface area contributed by atoms with Crippen molar-refractivity contribution < 1.29 is 8.82 Å². The molecule has 99 valence electrons. The van der Waals surface area contributed by atoms with Crippen LogP contribution in [0.1, 0.15) is 43.6 Å². The lowest BCUT2D eigenvalue weighted by atomic mass is 9.84. The van der Waals surface area contributed by atoms with Gasteiger partial charge in [0.1, 0.15) is 11.6 Å². The van der Waals surface area contributed by atoms with E-state index in [1.54, 1.807) is 12.1 Å². The Morgan fingerprint density at radius 3 is 2.50 bits per heavy atom. The van der Waals surface area contributed by atoms with Crippen molar-refractivity contribution in [2.24, 2.45) is 0 Å². The highest BCUT2D eigenvalue weighted by Crippen LogP contribution is 2.42. The minimum absolute atomic E-state index is 0.223. The second kappa shape index (κ2) is 6.20. The third-order valence-electron chi connectivity index (χ3n) is 3.38. The molecular formula is C14H19BrFOSi. The molecule has 1 nitrogen and oxygen atoms in total. The van der Waals surface area contributed by atoms with Gasteiger partial charge in [0.2, 0.25) is 0 Å².